The van der Waals surface area contributed by atoms with E-state index in [0.29, 0.717) is 45.0 Å². The smallest absolute Gasteiger partial charge is 0.306 e. The Morgan fingerprint density at radius 3 is 2.66 bits per heavy atom. The second-order valence-corrected chi connectivity index (χ2v) is 7.57. The number of carbonyl (C=O) groups is 1. The highest BCUT2D eigenvalue weighted by molar-refractivity contribution is 6.30. The molecule has 2 heterocycles. The lowest BCUT2D eigenvalue weighted by molar-refractivity contribution is -0.141. The maximum atomic E-state index is 11.7. The summed E-state index contributed by atoms with van der Waals surface area (Å²) in [5.74, 6) is 0.861. The van der Waals surface area contributed by atoms with Gasteiger partial charge in [-0.3, -0.25) is 9.36 Å². The maximum absolute atomic E-state index is 11.7. The van der Waals surface area contributed by atoms with Crippen molar-refractivity contribution in [2.45, 2.75) is 25.2 Å². The Kier molecular flexibility index (Phi) is 6.31. The highest BCUT2D eigenvalue weighted by Gasteiger charge is 2.36. The van der Waals surface area contributed by atoms with Gasteiger partial charge in [-0.2, -0.15) is 0 Å². The number of halogens is 1. The number of aromatic nitrogens is 3. The van der Waals surface area contributed by atoms with Gasteiger partial charge < -0.3 is 24.1 Å². The van der Waals surface area contributed by atoms with Crippen molar-refractivity contribution < 1.29 is 28.8 Å². The molecule has 0 bridgehead atoms. The summed E-state index contributed by atoms with van der Waals surface area (Å²) in [5.41, 5.74) is 2.08. The molecule has 2 aromatic carbocycles. The van der Waals surface area contributed by atoms with E-state index in [1.807, 2.05) is 18.2 Å². The fraction of sp³-hybridized carbons (Fsp3) is 0.318. The minimum Gasteiger partial charge on any atom is -0.493 e. The van der Waals surface area contributed by atoms with Gasteiger partial charge in [0.05, 0.1) is 26.3 Å². The van der Waals surface area contributed by atoms with Gasteiger partial charge in [0.1, 0.15) is 18.8 Å². The number of nitrogens with zero attached hydrogens (tertiary/aromatic N) is 3. The molecule has 2 atom stereocenters. The van der Waals surface area contributed by atoms with Crippen LogP contribution in [0, 0.1) is 0 Å². The van der Waals surface area contributed by atoms with Gasteiger partial charge in [-0.15, -0.1) is 10.2 Å². The first kappa shape index (κ1) is 22.1. The molecular weight excluding hydrogens is 438 g/mol. The van der Waals surface area contributed by atoms with Crippen molar-refractivity contribution in [3.05, 3.63) is 64.2 Å². The third kappa shape index (κ3) is 3.90. The highest BCUT2D eigenvalue weighted by atomic mass is 35.5. The van der Waals surface area contributed by atoms with E-state index in [4.69, 9.17) is 30.5 Å². The maximum Gasteiger partial charge on any atom is 0.306 e. The van der Waals surface area contributed by atoms with Crippen LogP contribution in [0.3, 0.4) is 0 Å². The Hall–Kier alpha value is -3.14. The molecule has 1 aromatic heterocycles. The predicted octanol–water partition coefficient (Wildman–Crippen LogP) is 3.72. The summed E-state index contributed by atoms with van der Waals surface area (Å²) >= 11 is 6.37. The number of benzene rings is 2. The van der Waals surface area contributed by atoms with Crippen LogP contribution in [-0.2, 0) is 20.9 Å². The molecule has 1 aliphatic heterocycles. The van der Waals surface area contributed by atoms with Crippen LogP contribution in [0.2, 0.25) is 5.02 Å². The Bertz CT molecular complexity index is 1150. The van der Waals surface area contributed by atoms with Crippen molar-refractivity contribution >= 4 is 17.6 Å². The van der Waals surface area contributed by atoms with E-state index in [0.717, 1.165) is 0 Å². The molecular formula is C22H22ClN3O6. The van der Waals surface area contributed by atoms with E-state index < -0.39 is 18.2 Å². The summed E-state index contributed by atoms with van der Waals surface area (Å²) < 4.78 is 24.6. The van der Waals surface area contributed by atoms with Crippen LogP contribution in [0.5, 0.6) is 11.5 Å². The number of hydrogen-bond acceptors (Lipinski definition) is 7. The molecule has 0 fully saturated rings. The molecule has 1 N–H and O–H groups in total. The van der Waals surface area contributed by atoms with Gasteiger partial charge in [0.15, 0.2) is 23.1 Å². The molecule has 0 saturated carbocycles. The van der Waals surface area contributed by atoms with E-state index in [9.17, 15) is 9.90 Å². The highest BCUT2D eigenvalue weighted by Crippen LogP contribution is 2.46. The van der Waals surface area contributed by atoms with Gasteiger partial charge >= 0.3 is 5.97 Å². The first-order valence-electron chi connectivity index (χ1n) is 9.79. The van der Waals surface area contributed by atoms with Crippen LogP contribution in [-0.4, -0.2) is 47.2 Å². The lowest BCUT2D eigenvalue weighted by atomic mass is 9.98. The number of aliphatic carboxylic acids is 1. The zero-order chi connectivity index (χ0) is 22.8. The Labute approximate surface area is 189 Å². The minimum absolute atomic E-state index is 0.183. The summed E-state index contributed by atoms with van der Waals surface area (Å²) in [6.45, 7) is 0.183. The van der Waals surface area contributed by atoms with Crippen molar-refractivity contribution in [2.24, 2.45) is 0 Å². The van der Waals surface area contributed by atoms with E-state index in [2.05, 4.69) is 10.2 Å². The predicted molar refractivity (Wildman–Crippen MR) is 115 cm³/mol. The van der Waals surface area contributed by atoms with Crippen LogP contribution in [0.4, 0.5) is 0 Å². The second kappa shape index (κ2) is 9.15. The Morgan fingerprint density at radius 1 is 1.16 bits per heavy atom. The number of fused-ring (bicyclic) bond motifs is 3. The quantitative estimate of drug-likeness (QED) is 0.570. The zero-order valence-electron chi connectivity index (χ0n) is 17.7. The van der Waals surface area contributed by atoms with Crippen LogP contribution in [0.15, 0.2) is 36.4 Å². The molecule has 4 rings (SSSR count). The van der Waals surface area contributed by atoms with E-state index in [1.165, 1.54) is 7.11 Å². The van der Waals surface area contributed by atoms with E-state index in [1.54, 1.807) is 37.0 Å². The molecule has 1 aliphatic rings. The molecule has 0 radical (unpaired) electrons. The van der Waals surface area contributed by atoms with Gasteiger partial charge in [-0.05, 0) is 24.3 Å². The van der Waals surface area contributed by atoms with Crippen molar-refractivity contribution in [2.75, 3.05) is 21.3 Å². The van der Waals surface area contributed by atoms with Gasteiger partial charge in [-0.25, -0.2) is 0 Å². The molecule has 10 heteroatoms. The van der Waals surface area contributed by atoms with Gasteiger partial charge in [0.2, 0.25) is 0 Å². The van der Waals surface area contributed by atoms with Crippen molar-refractivity contribution in [1.82, 2.24) is 14.8 Å². The molecule has 168 valence electrons. The molecule has 2 unspecified atom stereocenters. The number of methoxy groups -OCH3 is 3. The fourth-order valence-electron chi connectivity index (χ4n) is 3.92. The third-order valence-electron chi connectivity index (χ3n) is 5.21. The SMILES string of the molecule is COCc1nnc2n1-c1ccc(Cl)cc1C(c1cccc(OC)c1OC)OC2CC(=O)O. The number of rotatable bonds is 7. The van der Waals surface area contributed by atoms with Gasteiger partial charge in [0, 0.05) is 23.3 Å². The average molecular weight is 460 g/mol. The van der Waals surface area contributed by atoms with Gasteiger partial charge in [-0.1, -0.05) is 23.7 Å². The van der Waals surface area contributed by atoms with Crippen molar-refractivity contribution in [3.63, 3.8) is 0 Å². The molecule has 32 heavy (non-hydrogen) atoms. The molecule has 0 aliphatic carbocycles. The monoisotopic (exact) mass is 459 g/mol. The molecule has 0 saturated heterocycles. The zero-order valence-corrected chi connectivity index (χ0v) is 18.5. The number of para-hydroxylation sites is 1. The second-order valence-electron chi connectivity index (χ2n) is 7.13. The lowest BCUT2D eigenvalue weighted by Gasteiger charge is -2.24. The van der Waals surface area contributed by atoms with E-state index >= 15 is 0 Å². The normalized spacial score (nSPS) is 17.2. The minimum atomic E-state index is -1.03. The molecule has 0 spiro atoms. The summed E-state index contributed by atoms with van der Waals surface area (Å²) in [7, 11) is 4.64. The Balaban J connectivity index is 1.99. The molecule has 0 amide bonds. The van der Waals surface area contributed by atoms with Crippen LogP contribution >= 0.6 is 11.6 Å². The number of hydrogen-bond donors (Lipinski definition) is 1. The lowest BCUT2D eigenvalue weighted by Crippen LogP contribution is -2.16. The van der Waals surface area contributed by atoms with Gasteiger partial charge in [0.25, 0.3) is 0 Å². The van der Waals surface area contributed by atoms with Crippen LogP contribution in [0.1, 0.15) is 41.4 Å². The van der Waals surface area contributed by atoms with Crippen LogP contribution < -0.4 is 9.47 Å². The van der Waals surface area contributed by atoms with Crippen molar-refractivity contribution in [1.29, 1.82) is 0 Å². The first-order chi connectivity index (χ1) is 15.5. The summed E-state index contributed by atoms with van der Waals surface area (Å²) in [4.78, 5) is 11.7. The van der Waals surface area contributed by atoms with Crippen molar-refractivity contribution in [3.8, 4) is 17.2 Å². The summed E-state index contributed by atoms with van der Waals surface area (Å²) in [6, 6.07) is 10.8. The number of carboxylic acid groups (broad SMARTS) is 1. The number of carboxylic acids is 1. The Morgan fingerprint density at radius 2 is 1.97 bits per heavy atom. The summed E-state index contributed by atoms with van der Waals surface area (Å²) in [5, 5.41) is 18.5. The average Bonchev–Trinajstić information content (AvgIpc) is 3.14. The van der Waals surface area contributed by atoms with E-state index in [-0.39, 0.29) is 13.0 Å². The molecule has 3 aromatic rings. The number of ether oxygens (including phenoxy) is 4. The fourth-order valence-corrected chi connectivity index (χ4v) is 4.10. The standard InChI is InChI=1S/C22H22ClN3O6/c1-29-11-18-24-25-22-17(10-19(27)28)32-20(13-5-4-6-16(30-2)21(13)31-3)14-9-12(23)7-8-15(14)26(18)22/h4-9,17,20H,10-11H2,1-3H3,(H,27,28). The largest absolute Gasteiger partial charge is 0.493 e. The summed E-state index contributed by atoms with van der Waals surface area (Å²) in [6.07, 6.45) is -1.91. The topological polar surface area (TPSA) is 105 Å². The van der Waals surface area contributed by atoms with Crippen LogP contribution in [0.25, 0.3) is 5.69 Å². The third-order valence-corrected chi connectivity index (χ3v) is 5.44. The first-order valence-corrected chi connectivity index (χ1v) is 10.2. The molecule has 9 nitrogen and oxygen atoms in total.